The van der Waals surface area contributed by atoms with Crippen LogP contribution in [0.15, 0.2) is 78.9 Å². The quantitative estimate of drug-likeness (QED) is 0.106. The van der Waals surface area contributed by atoms with Crippen molar-refractivity contribution in [1.29, 1.82) is 0 Å². The number of hydrogen-bond acceptors (Lipinski definition) is 8. The number of phenolic OH excluding ortho intramolecular Hbond substituents is 3. The predicted octanol–water partition coefficient (Wildman–Crippen LogP) is 4.49. The van der Waals surface area contributed by atoms with Gasteiger partial charge in [0.05, 0.1) is 14.2 Å². The second kappa shape index (κ2) is 18.9. The molecule has 3 amide bonds. The number of nitrogens with zero attached hydrogens (tertiary/aromatic N) is 1. The van der Waals surface area contributed by atoms with E-state index in [9.17, 15) is 29.7 Å². The maximum absolute atomic E-state index is 13.2. The summed E-state index contributed by atoms with van der Waals surface area (Å²) in [6.07, 6.45) is 11.0. The number of methoxy groups -OCH3 is 2. The average Bonchev–Trinajstić information content (AvgIpc) is 3.07. The lowest BCUT2D eigenvalue weighted by molar-refractivity contribution is -0.126. The molecular formula is C36H41N3O8. The minimum absolute atomic E-state index is 0.000206. The summed E-state index contributed by atoms with van der Waals surface area (Å²) in [7, 11) is 2.89. The number of amides is 3. The molecule has 3 aromatic carbocycles. The summed E-state index contributed by atoms with van der Waals surface area (Å²) in [5.74, 6) is 0.00602. The summed E-state index contributed by atoms with van der Waals surface area (Å²) in [4.78, 5) is 39.4. The molecule has 0 aliphatic rings. The molecule has 0 unspecified atom stereocenters. The van der Waals surface area contributed by atoms with Gasteiger partial charge in [-0.1, -0.05) is 24.3 Å². The normalized spacial score (nSPS) is 11.2. The molecule has 0 aromatic heterocycles. The third-order valence-electron chi connectivity index (χ3n) is 6.94. The minimum Gasteiger partial charge on any atom is -0.508 e. The number of hydrogen-bond donors (Lipinski definition) is 5. The summed E-state index contributed by atoms with van der Waals surface area (Å²) in [5.41, 5.74) is 2.16. The van der Waals surface area contributed by atoms with Gasteiger partial charge in [0, 0.05) is 44.4 Å². The molecule has 3 rings (SSSR count). The predicted molar refractivity (Wildman–Crippen MR) is 181 cm³/mol. The molecule has 248 valence electrons. The number of nitrogens with one attached hydrogen (secondary N) is 2. The maximum Gasteiger partial charge on any atom is 0.246 e. The molecule has 0 heterocycles. The summed E-state index contributed by atoms with van der Waals surface area (Å²) in [6.45, 7) is 1.61. The topological polar surface area (TPSA) is 158 Å². The van der Waals surface area contributed by atoms with E-state index in [1.165, 1.54) is 44.6 Å². The molecule has 0 spiro atoms. The van der Waals surface area contributed by atoms with Gasteiger partial charge in [0.25, 0.3) is 0 Å². The van der Waals surface area contributed by atoms with Gasteiger partial charge in [0.2, 0.25) is 17.7 Å². The Labute approximate surface area is 274 Å². The fourth-order valence-corrected chi connectivity index (χ4v) is 4.37. The van der Waals surface area contributed by atoms with E-state index in [-0.39, 0.29) is 35.0 Å². The van der Waals surface area contributed by atoms with E-state index in [1.54, 1.807) is 71.7 Å². The van der Waals surface area contributed by atoms with E-state index < -0.39 is 0 Å². The summed E-state index contributed by atoms with van der Waals surface area (Å²) < 4.78 is 10.2. The molecule has 0 radical (unpaired) electrons. The van der Waals surface area contributed by atoms with Crippen molar-refractivity contribution in [2.75, 3.05) is 40.4 Å². The van der Waals surface area contributed by atoms with Crippen LogP contribution in [0.1, 0.15) is 36.0 Å². The Hall–Kier alpha value is -5.71. The van der Waals surface area contributed by atoms with Crippen LogP contribution in [0.2, 0.25) is 0 Å². The second-order valence-corrected chi connectivity index (χ2v) is 10.4. The highest BCUT2D eigenvalue weighted by molar-refractivity contribution is 5.93. The summed E-state index contributed by atoms with van der Waals surface area (Å²) in [5, 5.41) is 34.6. The van der Waals surface area contributed by atoms with Crippen LogP contribution >= 0.6 is 0 Å². The molecule has 11 heteroatoms. The zero-order chi connectivity index (χ0) is 34.0. The highest BCUT2D eigenvalue weighted by Gasteiger charge is 2.11. The standard InChI is InChI=1S/C36H41N3O8/c1-46-32-24-27(8-15-30(32)41)11-18-35(44)38-21-5-23-39(36(45)19-12-28-9-16-31(42)33(25-28)47-2)22-4-3-20-37-34(43)17-10-26-6-13-29(40)14-7-26/h6-19,24-25,40-42H,3-5,20-23H2,1-2H3,(H,37,43)(H,38,44)/b17-10+,18-11+,19-12+. The largest absolute Gasteiger partial charge is 0.508 e. The first-order valence-electron chi connectivity index (χ1n) is 15.1. The number of carbonyl (C=O) groups excluding carboxylic acids is 3. The third-order valence-corrected chi connectivity index (χ3v) is 6.94. The van der Waals surface area contributed by atoms with Crippen molar-refractivity contribution < 1.29 is 39.2 Å². The lowest BCUT2D eigenvalue weighted by Crippen LogP contribution is -2.34. The van der Waals surface area contributed by atoms with Crippen LogP contribution in [0.4, 0.5) is 0 Å². The second-order valence-electron chi connectivity index (χ2n) is 10.4. The van der Waals surface area contributed by atoms with Crippen LogP contribution in [0, 0.1) is 0 Å². The Balaban J connectivity index is 1.50. The number of phenols is 3. The molecule has 11 nitrogen and oxygen atoms in total. The van der Waals surface area contributed by atoms with Crippen molar-refractivity contribution >= 4 is 35.9 Å². The Morgan fingerprint density at radius 1 is 0.638 bits per heavy atom. The highest BCUT2D eigenvalue weighted by atomic mass is 16.5. The molecule has 0 saturated carbocycles. The molecule has 47 heavy (non-hydrogen) atoms. The van der Waals surface area contributed by atoms with Gasteiger partial charge >= 0.3 is 0 Å². The van der Waals surface area contributed by atoms with Crippen LogP contribution in [0.3, 0.4) is 0 Å². The van der Waals surface area contributed by atoms with E-state index in [2.05, 4.69) is 10.6 Å². The number of unbranched alkanes of at least 4 members (excludes halogenated alkanes) is 1. The van der Waals surface area contributed by atoms with Gasteiger partial charge in [-0.15, -0.1) is 0 Å². The van der Waals surface area contributed by atoms with Crippen LogP contribution in [0.5, 0.6) is 28.7 Å². The number of carbonyl (C=O) groups is 3. The first kappa shape index (κ1) is 35.8. The fourth-order valence-electron chi connectivity index (χ4n) is 4.37. The monoisotopic (exact) mass is 643 g/mol. The van der Waals surface area contributed by atoms with E-state index in [1.807, 2.05) is 0 Å². The van der Waals surface area contributed by atoms with Crippen molar-refractivity contribution in [3.8, 4) is 28.7 Å². The van der Waals surface area contributed by atoms with Gasteiger partial charge in [-0.3, -0.25) is 14.4 Å². The summed E-state index contributed by atoms with van der Waals surface area (Å²) in [6, 6.07) is 16.0. The highest BCUT2D eigenvalue weighted by Crippen LogP contribution is 2.27. The van der Waals surface area contributed by atoms with Gasteiger partial charge in [0.15, 0.2) is 23.0 Å². The van der Waals surface area contributed by atoms with Gasteiger partial charge in [-0.05, 0) is 90.6 Å². The molecular weight excluding hydrogens is 602 g/mol. The zero-order valence-corrected chi connectivity index (χ0v) is 26.5. The maximum atomic E-state index is 13.2. The number of rotatable bonds is 17. The molecule has 0 atom stereocenters. The van der Waals surface area contributed by atoms with Gasteiger partial charge in [-0.2, -0.15) is 0 Å². The molecule has 5 N–H and O–H groups in total. The summed E-state index contributed by atoms with van der Waals surface area (Å²) >= 11 is 0. The molecule has 0 aliphatic heterocycles. The van der Waals surface area contributed by atoms with Gasteiger partial charge in [0.1, 0.15) is 5.75 Å². The number of aromatic hydroxyl groups is 3. The van der Waals surface area contributed by atoms with Crippen LogP contribution in [0.25, 0.3) is 18.2 Å². The lowest BCUT2D eigenvalue weighted by Gasteiger charge is -2.21. The fraction of sp³-hybridized carbons (Fsp3) is 0.250. The van der Waals surface area contributed by atoms with Gasteiger partial charge < -0.3 is 40.3 Å². The van der Waals surface area contributed by atoms with E-state index in [0.717, 1.165) is 5.56 Å². The molecule has 0 aliphatic carbocycles. The van der Waals surface area contributed by atoms with Crippen molar-refractivity contribution in [3.63, 3.8) is 0 Å². The Bertz CT molecular complexity index is 1580. The average molecular weight is 644 g/mol. The number of benzene rings is 3. The van der Waals surface area contributed by atoms with Crippen LogP contribution < -0.4 is 20.1 Å². The van der Waals surface area contributed by atoms with Crippen molar-refractivity contribution in [1.82, 2.24) is 15.5 Å². The Morgan fingerprint density at radius 2 is 1.11 bits per heavy atom. The van der Waals surface area contributed by atoms with E-state index in [0.29, 0.717) is 68.1 Å². The third kappa shape index (κ3) is 12.7. The molecule has 0 bridgehead atoms. The first-order valence-corrected chi connectivity index (χ1v) is 15.1. The number of ether oxygens (including phenoxy) is 2. The lowest BCUT2D eigenvalue weighted by atomic mass is 10.2. The van der Waals surface area contributed by atoms with Crippen LogP contribution in [-0.4, -0.2) is 78.3 Å². The Morgan fingerprint density at radius 3 is 1.66 bits per heavy atom. The van der Waals surface area contributed by atoms with Crippen molar-refractivity contribution in [2.45, 2.75) is 19.3 Å². The zero-order valence-electron chi connectivity index (χ0n) is 26.5. The minimum atomic E-state index is -0.300. The van der Waals surface area contributed by atoms with Crippen molar-refractivity contribution in [2.24, 2.45) is 0 Å². The van der Waals surface area contributed by atoms with Gasteiger partial charge in [-0.25, -0.2) is 0 Å². The van der Waals surface area contributed by atoms with E-state index in [4.69, 9.17) is 9.47 Å². The first-order chi connectivity index (χ1) is 22.7. The Kier molecular flexibility index (Phi) is 14.4. The smallest absolute Gasteiger partial charge is 0.246 e. The molecule has 0 saturated heterocycles. The molecule has 0 fully saturated rings. The van der Waals surface area contributed by atoms with E-state index >= 15 is 0 Å². The van der Waals surface area contributed by atoms with Crippen molar-refractivity contribution in [3.05, 3.63) is 95.6 Å². The van der Waals surface area contributed by atoms with Crippen LogP contribution in [-0.2, 0) is 14.4 Å². The molecule has 3 aromatic rings. The SMILES string of the molecule is COc1cc(/C=C/C(=O)NCCCN(CCCCNC(=O)/C=C/c2ccc(O)cc2)C(=O)/C=C/c2ccc(O)c(OC)c2)ccc1O.